The summed E-state index contributed by atoms with van der Waals surface area (Å²) in [5, 5.41) is 0. The molecule has 0 heterocycles. The second-order valence-corrected chi connectivity index (χ2v) is 6.42. The largest absolute Gasteiger partial charge is 0.462 e. The average molecular weight is 258 g/mol. The van der Waals surface area contributed by atoms with Crippen LogP contribution in [0.3, 0.4) is 0 Å². The van der Waals surface area contributed by atoms with Crippen molar-refractivity contribution < 1.29 is 19.1 Å². The minimum atomic E-state index is -0.497. The van der Waals surface area contributed by atoms with Crippen LogP contribution in [0.1, 0.15) is 54.4 Å². The lowest BCUT2D eigenvalue weighted by Gasteiger charge is -2.27. The molecule has 0 aromatic rings. The summed E-state index contributed by atoms with van der Waals surface area (Å²) in [5.74, 6) is -0.600. The van der Waals surface area contributed by atoms with Gasteiger partial charge < -0.3 is 9.47 Å². The van der Waals surface area contributed by atoms with Gasteiger partial charge in [-0.3, -0.25) is 9.59 Å². The van der Waals surface area contributed by atoms with Gasteiger partial charge in [0.15, 0.2) is 0 Å². The van der Waals surface area contributed by atoms with Gasteiger partial charge >= 0.3 is 11.9 Å². The maximum atomic E-state index is 11.9. The third-order valence-corrected chi connectivity index (χ3v) is 2.67. The maximum Gasteiger partial charge on any atom is 0.311 e. The fraction of sp³-hybridized carbons (Fsp3) is 0.857. The monoisotopic (exact) mass is 258 g/mol. The molecular weight excluding hydrogens is 232 g/mol. The molecule has 106 valence electrons. The van der Waals surface area contributed by atoms with Crippen LogP contribution in [0.2, 0.25) is 0 Å². The molecular formula is C14H26O4. The molecule has 0 radical (unpaired) electrons. The summed E-state index contributed by atoms with van der Waals surface area (Å²) in [4.78, 5) is 22.4. The van der Waals surface area contributed by atoms with Crippen molar-refractivity contribution in [1.29, 1.82) is 0 Å². The molecule has 0 aliphatic heterocycles. The molecule has 0 aliphatic carbocycles. The summed E-state index contributed by atoms with van der Waals surface area (Å²) in [6, 6.07) is 0. The molecule has 0 saturated carbocycles. The molecule has 4 heteroatoms. The van der Waals surface area contributed by atoms with Crippen molar-refractivity contribution in [3.05, 3.63) is 0 Å². The molecule has 0 unspecified atom stereocenters. The minimum Gasteiger partial charge on any atom is -0.462 e. The Morgan fingerprint density at radius 1 is 0.889 bits per heavy atom. The van der Waals surface area contributed by atoms with Gasteiger partial charge in [0, 0.05) is 6.92 Å². The molecule has 0 bridgehead atoms. The highest BCUT2D eigenvalue weighted by molar-refractivity contribution is 5.75. The summed E-state index contributed by atoms with van der Waals surface area (Å²) in [5.41, 5.74) is -0.293. The Morgan fingerprint density at radius 3 is 1.83 bits per heavy atom. The van der Waals surface area contributed by atoms with Gasteiger partial charge in [-0.15, -0.1) is 0 Å². The highest BCUT2D eigenvalue weighted by Gasteiger charge is 2.30. The van der Waals surface area contributed by atoms with Crippen molar-refractivity contribution in [3.63, 3.8) is 0 Å². The van der Waals surface area contributed by atoms with E-state index in [0.717, 1.165) is 12.8 Å². The van der Waals surface area contributed by atoms with Crippen LogP contribution in [0.15, 0.2) is 0 Å². The molecule has 0 saturated heterocycles. The lowest BCUT2D eigenvalue weighted by molar-refractivity contribution is -0.159. The van der Waals surface area contributed by atoms with Gasteiger partial charge in [-0.2, -0.15) is 0 Å². The van der Waals surface area contributed by atoms with E-state index in [0.29, 0.717) is 0 Å². The molecule has 18 heavy (non-hydrogen) atoms. The van der Waals surface area contributed by atoms with E-state index in [2.05, 4.69) is 20.8 Å². The molecule has 0 aliphatic rings. The third kappa shape index (κ3) is 8.09. The van der Waals surface area contributed by atoms with Crippen LogP contribution in [0.25, 0.3) is 0 Å². The summed E-state index contributed by atoms with van der Waals surface area (Å²) >= 11 is 0. The van der Waals surface area contributed by atoms with Crippen molar-refractivity contribution in [2.45, 2.75) is 54.4 Å². The molecule has 0 rings (SSSR count). The second-order valence-electron chi connectivity index (χ2n) is 6.42. The highest BCUT2D eigenvalue weighted by Crippen LogP contribution is 2.31. The Labute approximate surface area is 110 Å². The zero-order valence-electron chi connectivity index (χ0n) is 12.5. The average Bonchev–Trinajstić information content (AvgIpc) is 2.20. The van der Waals surface area contributed by atoms with Crippen LogP contribution in [-0.2, 0) is 19.1 Å². The maximum absolute atomic E-state index is 11.9. The Balaban J connectivity index is 4.02. The van der Waals surface area contributed by atoms with Crippen LogP contribution >= 0.6 is 0 Å². The standard InChI is InChI=1S/C14H26O4/c1-11(15)17-9-10-18-12(16)14(5,6)8-7-13(2,3)4/h7-10H2,1-6H3. The lowest BCUT2D eigenvalue weighted by atomic mass is 9.80. The summed E-state index contributed by atoms with van der Waals surface area (Å²) in [6.45, 7) is 11.8. The first kappa shape index (κ1) is 16.9. The van der Waals surface area contributed by atoms with Gasteiger partial charge in [0.1, 0.15) is 13.2 Å². The molecule has 0 amide bonds. The van der Waals surface area contributed by atoms with Crippen LogP contribution in [-0.4, -0.2) is 25.2 Å². The summed E-state index contributed by atoms with van der Waals surface area (Å²) in [6.07, 6.45) is 1.74. The number of ether oxygens (including phenoxy) is 2. The SMILES string of the molecule is CC(=O)OCCOC(=O)C(C)(C)CCC(C)(C)C. The number of carbonyl (C=O) groups excluding carboxylic acids is 2. The first-order valence-corrected chi connectivity index (χ1v) is 6.35. The van der Waals surface area contributed by atoms with Gasteiger partial charge in [0.05, 0.1) is 5.41 Å². The molecule has 0 aromatic carbocycles. The van der Waals surface area contributed by atoms with E-state index < -0.39 is 5.41 Å². The minimum absolute atomic E-state index is 0.121. The fourth-order valence-corrected chi connectivity index (χ4v) is 1.30. The summed E-state index contributed by atoms with van der Waals surface area (Å²) < 4.78 is 9.81. The first-order chi connectivity index (χ1) is 8.04. The lowest BCUT2D eigenvalue weighted by Crippen LogP contribution is -2.29. The van der Waals surface area contributed by atoms with Gasteiger partial charge in [0.25, 0.3) is 0 Å². The van der Waals surface area contributed by atoms with E-state index >= 15 is 0 Å². The Morgan fingerprint density at radius 2 is 1.39 bits per heavy atom. The first-order valence-electron chi connectivity index (χ1n) is 6.35. The Kier molecular flexibility index (Phi) is 6.36. The fourth-order valence-electron chi connectivity index (χ4n) is 1.30. The van der Waals surface area contributed by atoms with Crippen molar-refractivity contribution in [1.82, 2.24) is 0 Å². The number of esters is 2. The number of carbonyl (C=O) groups is 2. The molecule has 0 fully saturated rings. The van der Waals surface area contributed by atoms with Crippen LogP contribution in [0.4, 0.5) is 0 Å². The second kappa shape index (κ2) is 6.76. The van der Waals surface area contributed by atoms with Gasteiger partial charge in [-0.1, -0.05) is 20.8 Å². The van der Waals surface area contributed by atoms with Crippen LogP contribution < -0.4 is 0 Å². The normalized spacial score (nSPS) is 12.1. The van der Waals surface area contributed by atoms with E-state index in [-0.39, 0.29) is 30.6 Å². The van der Waals surface area contributed by atoms with Crippen LogP contribution in [0, 0.1) is 10.8 Å². The predicted molar refractivity (Wildman–Crippen MR) is 70.1 cm³/mol. The predicted octanol–water partition coefficient (Wildman–Crippen LogP) is 2.95. The third-order valence-electron chi connectivity index (χ3n) is 2.67. The smallest absolute Gasteiger partial charge is 0.311 e. The molecule has 0 N–H and O–H groups in total. The van der Waals surface area contributed by atoms with Crippen molar-refractivity contribution >= 4 is 11.9 Å². The van der Waals surface area contributed by atoms with E-state index in [4.69, 9.17) is 9.47 Å². The Bertz CT molecular complexity index is 287. The van der Waals surface area contributed by atoms with E-state index in [9.17, 15) is 9.59 Å². The molecule has 0 aromatic heterocycles. The van der Waals surface area contributed by atoms with E-state index in [1.807, 2.05) is 13.8 Å². The van der Waals surface area contributed by atoms with Crippen LogP contribution in [0.5, 0.6) is 0 Å². The highest BCUT2D eigenvalue weighted by atomic mass is 16.6. The van der Waals surface area contributed by atoms with Crippen molar-refractivity contribution in [2.24, 2.45) is 10.8 Å². The topological polar surface area (TPSA) is 52.6 Å². The molecule has 0 atom stereocenters. The van der Waals surface area contributed by atoms with Gasteiger partial charge in [-0.25, -0.2) is 0 Å². The quantitative estimate of drug-likeness (QED) is 0.543. The zero-order chi connectivity index (χ0) is 14.4. The number of hydrogen-bond acceptors (Lipinski definition) is 4. The van der Waals surface area contributed by atoms with Crippen molar-refractivity contribution in [2.75, 3.05) is 13.2 Å². The molecule has 4 nitrogen and oxygen atoms in total. The Hall–Kier alpha value is -1.06. The van der Waals surface area contributed by atoms with Crippen molar-refractivity contribution in [3.8, 4) is 0 Å². The number of rotatable bonds is 6. The van der Waals surface area contributed by atoms with Gasteiger partial charge in [0.2, 0.25) is 0 Å². The zero-order valence-corrected chi connectivity index (χ0v) is 12.5. The number of hydrogen-bond donors (Lipinski definition) is 0. The van der Waals surface area contributed by atoms with Gasteiger partial charge in [-0.05, 0) is 32.1 Å². The molecule has 0 spiro atoms. The van der Waals surface area contributed by atoms with E-state index in [1.54, 1.807) is 0 Å². The van der Waals surface area contributed by atoms with E-state index in [1.165, 1.54) is 6.92 Å². The summed E-state index contributed by atoms with van der Waals surface area (Å²) in [7, 11) is 0.